The molecule has 1 unspecified atom stereocenters. The number of thioether (sulfide) groups is 1. The number of rotatable bonds is 10. The summed E-state index contributed by atoms with van der Waals surface area (Å²) in [6.07, 6.45) is 5.51. The van der Waals surface area contributed by atoms with Gasteiger partial charge in [-0.05, 0) is 79.7 Å². The van der Waals surface area contributed by atoms with E-state index in [9.17, 15) is 9.90 Å². The number of hydrogen-bond donors (Lipinski definition) is 1. The lowest BCUT2D eigenvalue weighted by Crippen LogP contribution is -2.57. The smallest absolute Gasteiger partial charge is 0.232 e. The molecular formula is C38H61N3O2S. The molecule has 6 heteroatoms. The van der Waals surface area contributed by atoms with Crippen LogP contribution in [0.4, 0.5) is 0 Å². The second-order valence-electron chi connectivity index (χ2n) is 11.6. The van der Waals surface area contributed by atoms with Gasteiger partial charge in [0.15, 0.2) is 0 Å². The highest BCUT2D eigenvalue weighted by Gasteiger charge is 2.33. The predicted octanol–water partition coefficient (Wildman–Crippen LogP) is 8.22. The van der Waals surface area contributed by atoms with Crippen LogP contribution < -0.4 is 0 Å². The van der Waals surface area contributed by atoms with E-state index in [0.717, 1.165) is 58.4 Å². The number of nitrogens with zero attached hydrogens (tertiary/aromatic N) is 3. The summed E-state index contributed by atoms with van der Waals surface area (Å²) in [5, 5.41) is 11.2. The Bertz CT molecular complexity index is 1100. The maximum Gasteiger partial charge on any atom is 0.232 e. The van der Waals surface area contributed by atoms with E-state index in [1.165, 1.54) is 39.6 Å². The van der Waals surface area contributed by atoms with Crippen molar-refractivity contribution in [2.75, 3.05) is 38.5 Å². The van der Waals surface area contributed by atoms with Crippen LogP contribution in [-0.2, 0) is 17.6 Å². The zero-order valence-electron chi connectivity index (χ0n) is 29.2. The van der Waals surface area contributed by atoms with Gasteiger partial charge in [0.05, 0.1) is 11.9 Å². The Balaban J connectivity index is 0.00000162. The van der Waals surface area contributed by atoms with Gasteiger partial charge in [0.25, 0.3) is 0 Å². The van der Waals surface area contributed by atoms with E-state index >= 15 is 0 Å². The minimum absolute atomic E-state index is 0.209. The molecule has 2 saturated heterocycles. The highest BCUT2D eigenvalue weighted by Crippen LogP contribution is 2.30. The van der Waals surface area contributed by atoms with Crippen LogP contribution in [0.2, 0.25) is 0 Å². The highest BCUT2D eigenvalue weighted by atomic mass is 32.2. The van der Waals surface area contributed by atoms with Gasteiger partial charge in [-0.25, -0.2) is 0 Å². The Kier molecular flexibility index (Phi) is 17.4. The Morgan fingerprint density at radius 3 is 2.02 bits per heavy atom. The summed E-state index contributed by atoms with van der Waals surface area (Å²) in [7, 11) is 0. The maximum atomic E-state index is 12.6. The fraction of sp³-hybridized carbons (Fsp3) is 0.605. The second-order valence-corrected chi connectivity index (χ2v) is 12.5. The largest absolute Gasteiger partial charge is 0.389 e. The van der Waals surface area contributed by atoms with Gasteiger partial charge < -0.3 is 10.0 Å². The first-order chi connectivity index (χ1) is 21.3. The molecule has 2 aliphatic heterocycles. The van der Waals surface area contributed by atoms with Gasteiger partial charge in [0.2, 0.25) is 5.91 Å². The SMILES string of the molecule is CC.CC.CCc1cc(CC)cc(-c2ccc([C@H](C)N3CCN(C4CCN(C(=O)CS/C=C\C(C)O)CC4)C[C@H]3C)cc2)c1. The molecule has 246 valence electrons. The standard InChI is InChI=1S/C34H49N3O2S.2C2H6/c1-6-28-20-29(7-2)22-32(21-28)31-10-8-30(9-11-31)27(5)37-18-17-36(23-25(37)3)33-12-15-35(16-13-33)34(39)24-40-19-14-26(4)38;2*1-2/h8-11,14,19-22,25-27,33,38H,6-7,12-13,15-18,23-24H2,1-5H3;2*1-2H3/b19-14-;;/t25-,26?,27+;;/m1../s1. The third-order valence-electron chi connectivity index (χ3n) is 8.80. The number of amides is 1. The van der Waals surface area contributed by atoms with Gasteiger partial charge in [0, 0.05) is 50.8 Å². The lowest BCUT2D eigenvalue weighted by Gasteiger charge is -2.47. The maximum absolute atomic E-state index is 12.6. The minimum atomic E-state index is -0.465. The molecule has 0 saturated carbocycles. The van der Waals surface area contributed by atoms with Crippen molar-refractivity contribution in [2.45, 2.75) is 112 Å². The monoisotopic (exact) mass is 623 g/mol. The van der Waals surface area contributed by atoms with Crippen LogP contribution in [0.1, 0.15) is 97.9 Å². The first-order valence-corrected chi connectivity index (χ1v) is 18.3. The van der Waals surface area contributed by atoms with E-state index in [1.807, 2.05) is 38.0 Å². The summed E-state index contributed by atoms with van der Waals surface area (Å²) in [5.74, 6) is 0.661. The Hall–Kier alpha value is -2.12. The van der Waals surface area contributed by atoms with Gasteiger partial charge in [-0.1, -0.05) is 90.1 Å². The topological polar surface area (TPSA) is 47.0 Å². The molecule has 2 aliphatic rings. The average molecular weight is 624 g/mol. The molecule has 0 spiro atoms. The summed E-state index contributed by atoms with van der Waals surface area (Å²) in [5.41, 5.74) is 6.85. The molecule has 2 fully saturated rings. The summed E-state index contributed by atoms with van der Waals surface area (Å²) in [6.45, 7) is 23.9. The van der Waals surface area contributed by atoms with Gasteiger partial charge >= 0.3 is 0 Å². The van der Waals surface area contributed by atoms with Gasteiger partial charge in [-0.15, -0.1) is 11.8 Å². The van der Waals surface area contributed by atoms with Crippen molar-refractivity contribution < 1.29 is 9.90 Å². The summed E-state index contributed by atoms with van der Waals surface area (Å²) < 4.78 is 0. The van der Waals surface area contributed by atoms with E-state index in [0.29, 0.717) is 23.9 Å². The minimum Gasteiger partial charge on any atom is -0.389 e. The van der Waals surface area contributed by atoms with Crippen molar-refractivity contribution in [3.8, 4) is 11.1 Å². The van der Waals surface area contributed by atoms with Crippen LogP contribution in [0.5, 0.6) is 0 Å². The number of aliphatic hydroxyl groups is 1. The molecule has 44 heavy (non-hydrogen) atoms. The fourth-order valence-electron chi connectivity index (χ4n) is 6.25. The fourth-order valence-corrected chi connectivity index (χ4v) is 7.01. The van der Waals surface area contributed by atoms with E-state index in [4.69, 9.17) is 0 Å². The van der Waals surface area contributed by atoms with E-state index in [-0.39, 0.29) is 5.91 Å². The summed E-state index contributed by atoms with van der Waals surface area (Å²) in [6, 6.07) is 17.7. The number of aliphatic hydroxyl groups excluding tert-OH is 1. The molecule has 2 heterocycles. The van der Waals surface area contributed by atoms with Gasteiger partial charge in [-0.3, -0.25) is 14.6 Å². The molecule has 0 radical (unpaired) electrons. The number of piperidine rings is 1. The molecule has 5 nitrogen and oxygen atoms in total. The Morgan fingerprint density at radius 2 is 1.50 bits per heavy atom. The van der Waals surface area contributed by atoms with Gasteiger partial charge in [0.1, 0.15) is 0 Å². The third-order valence-corrected chi connectivity index (χ3v) is 9.56. The molecule has 2 aromatic carbocycles. The molecule has 4 rings (SSSR count). The van der Waals surface area contributed by atoms with E-state index < -0.39 is 6.10 Å². The van der Waals surface area contributed by atoms with Crippen molar-refractivity contribution in [3.63, 3.8) is 0 Å². The van der Waals surface area contributed by atoms with Crippen molar-refractivity contribution in [1.29, 1.82) is 0 Å². The van der Waals surface area contributed by atoms with Crippen LogP contribution in [0.15, 0.2) is 53.9 Å². The number of benzene rings is 2. The van der Waals surface area contributed by atoms with Crippen LogP contribution in [0.3, 0.4) is 0 Å². The number of carbonyl (C=O) groups is 1. The Morgan fingerprint density at radius 1 is 0.909 bits per heavy atom. The average Bonchev–Trinajstić information content (AvgIpc) is 3.07. The number of piperazine rings is 1. The molecule has 0 aliphatic carbocycles. The van der Waals surface area contributed by atoms with Crippen LogP contribution in [0, 0.1) is 0 Å². The van der Waals surface area contributed by atoms with Crippen molar-refractivity contribution in [3.05, 3.63) is 70.6 Å². The normalized spacial score (nSPS) is 19.5. The molecular weight excluding hydrogens is 563 g/mol. The quantitative estimate of drug-likeness (QED) is 0.289. The molecule has 2 aromatic rings. The van der Waals surface area contributed by atoms with Crippen LogP contribution >= 0.6 is 11.8 Å². The van der Waals surface area contributed by atoms with E-state index in [1.54, 1.807) is 13.0 Å². The van der Waals surface area contributed by atoms with Gasteiger partial charge in [-0.2, -0.15) is 0 Å². The summed E-state index contributed by atoms with van der Waals surface area (Å²) >= 11 is 1.47. The molecule has 1 N–H and O–H groups in total. The third kappa shape index (κ3) is 11.0. The summed E-state index contributed by atoms with van der Waals surface area (Å²) in [4.78, 5) is 19.9. The van der Waals surface area contributed by atoms with Crippen molar-refractivity contribution in [2.24, 2.45) is 0 Å². The highest BCUT2D eigenvalue weighted by molar-refractivity contribution is 8.02. The zero-order valence-corrected chi connectivity index (χ0v) is 30.0. The van der Waals surface area contributed by atoms with Crippen molar-refractivity contribution in [1.82, 2.24) is 14.7 Å². The molecule has 0 bridgehead atoms. The lowest BCUT2D eigenvalue weighted by atomic mass is 9.95. The second kappa shape index (κ2) is 20.1. The van der Waals surface area contributed by atoms with E-state index in [2.05, 4.69) is 80.0 Å². The number of aryl methyl sites for hydroxylation is 2. The Labute approximate surface area is 274 Å². The first-order valence-electron chi connectivity index (χ1n) is 17.3. The molecule has 0 aromatic heterocycles. The number of likely N-dealkylation sites (tertiary alicyclic amines) is 1. The first kappa shape index (κ1) is 38.1. The lowest BCUT2D eigenvalue weighted by molar-refractivity contribution is -0.130. The van der Waals surface area contributed by atoms with Crippen LogP contribution in [0.25, 0.3) is 11.1 Å². The number of hydrogen-bond acceptors (Lipinski definition) is 5. The predicted molar refractivity (Wildman–Crippen MR) is 192 cm³/mol. The zero-order chi connectivity index (χ0) is 32.6. The van der Waals surface area contributed by atoms with Crippen LogP contribution in [-0.4, -0.2) is 82.4 Å². The molecule has 1 amide bonds. The number of carbonyl (C=O) groups excluding carboxylic acids is 1. The molecule has 3 atom stereocenters. The van der Waals surface area contributed by atoms with Crippen molar-refractivity contribution >= 4 is 17.7 Å².